The first-order valence-corrected chi connectivity index (χ1v) is 6.01. The van der Waals surface area contributed by atoms with Gasteiger partial charge in [-0.1, -0.05) is 27.7 Å². The first kappa shape index (κ1) is 14.2. The molecule has 0 bridgehead atoms. The Morgan fingerprint density at radius 2 is 2.17 bits per heavy atom. The fourth-order valence-corrected chi connectivity index (χ4v) is 1.21. The van der Waals surface area contributed by atoms with Crippen LogP contribution in [0.25, 0.3) is 0 Å². The summed E-state index contributed by atoms with van der Waals surface area (Å²) in [7, 11) is 0. The number of rotatable bonds is 4. The predicted octanol–water partition coefficient (Wildman–Crippen LogP) is 2.37. The molecule has 1 aromatic heterocycles. The van der Waals surface area contributed by atoms with Crippen LogP contribution in [-0.2, 0) is 0 Å². The molecule has 0 fully saturated rings. The molecule has 4 nitrogen and oxygen atoms in total. The quantitative estimate of drug-likeness (QED) is 0.885. The molecule has 0 spiro atoms. The van der Waals surface area contributed by atoms with Gasteiger partial charge in [0.2, 0.25) is 0 Å². The van der Waals surface area contributed by atoms with Gasteiger partial charge >= 0.3 is 0 Å². The fraction of sp³-hybridized carbons (Fsp3) is 0.500. The zero-order valence-corrected chi connectivity index (χ0v) is 11.3. The minimum Gasteiger partial charge on any atom is -0.351 e. The molecule has 0 aliphatic heterocycles. The second-order valence-electron chi connectivity index (χ2n) is 5.37. The second-order valence-corrected chi connectivity index (χ2v) is 5.37. The average Bonchev–Trinajstić information content (AvgIpc) is 2.36. The lowest BCUT2D eigenvalue weighted by Gasteiger charge is -2.29. The van der Waals surface area contributed by atoms with Gasteiger partial charge in [0.15, 0.2) is 0 Å². The summed E-state index contributed by atoms with van der Waals surface area (Å²) >= 11 is 0. The smallest absolute Gasteiger partial charge is 0.252 e. The maximum atomic E-state index is 11.9. The van der Waals surface area contributed by atoms with Crippen LogP contribution in [0.3, 0.4) is 0 Å². The highest BCUT2D eigenvalue weighted by atomic mass is 16.1. The summed E-state index contributed by atoms with van der Waals surface area (Å²) in [6.45, 7) is 9.12. The molecule has 0 aromatic carbocycles. The molecule has 1 heterocycles. The van der Waals surface area contributed by atoms with E-state index in [-0.39, 0.29) is 11.3 Å². The van der Waals surface area contributed by atoms with E-state index < -0.39 is 0 Å². The zero-order valence-electron chi connectivity index (χ0n) is 11.3. The second kappa shape index (κ2) is 5.63. The van der Waals surface area contributed by atoms with Gasteiger partial charge in [-0.3, -0.25) is 4.79 Å². The lowest BCUT2D eigenvalue weighted by molar-refractivity contribution is 0.0924. The largest absolute Gasteiger partial charge is 0.351 e. The van der Waals surface area contributed by atoms with Crippen LogP contribution in [0, 0.1) is 22.7 Å². The van der Waals surface area contributed by atoms with Gasteiger partial charge in [0.1, 0.15) is 11.8 Å². The lowest BCUT2D eigenvalue weighted by Crippen LogP contribution is -2.37. The topological polar surface area (TPSA) is 65.8 Å². The van der Waals surface area contributed by atoms with Crippen molar-refractivity contribution in [1.82, 2.24) is 10.3 Å². The molecule has 1 amide bonds. The molecular weight excluding hydrogens is 226 g/mol. The van der Waals surface area contributed by atoms with Gasteiger partial charge in [-0.05, 0) is 23.5 Å². The van der Waals surface area contributed by atoms with E-state index in [4.69, 9.17) is 5.26 Å². The molecule has 0 radical (unpaired) electrons. The van der Waals surface area contributed by atoms with Crippen molar-refractivity contribution in [2.45, 2.75) is 27.7 Å². The van der Waals surface area contributed by atoms with Gasteiger partial charge in [0, 0.05) is 12.7 Å². The highest BCUT2D eigenvalue weighted by molar-refractivity contribution is 5.93. The number of carbonyl (C=O) groups excluding carboxylic acids is 1. The van der Waals surface area contributed by atoms with Crippen molar-refractivity contribution in [1.29, 1.82) is 5.26 Å². The predicted molar refractivity (Wildman–Crippen MR) is 69.9 cm³/mol. The van der Waals surface area contributed by atoms with E-state index in [1.165, 1.54) is 6.20 Å². The van der Waals surface area contributed by atoms with E-state index in [1.54, 1.807) is 12.1 Å². The number of aromatic nitrogens is 1. The van der Waals surface area contributed by atoms with E-state index in [0.717, 1.165) is 0 Å². The summed E-state index contributed by atoms with van der Waals surface area (Å²) in [4.78, 5) is 15.8. The normalized spacial score (nSPS) is 11.1. The van der Waals surface area contributed by atoms with Gasteiger partial charge in [-0.2, -0.15) is 5.26 Å². The highest BCUT2D eigenvalue weighted by Crippen LogP contribution is 2.24. The van der Waals surface area contributed by atoms with E-state index in [9.17, 15) is 4.79 Å². The third-order valence-electron chi connectivity index (χ3n) is 3.41. The van der Waals surface area contributed by atoms with E-state index >= 15 is 0 Å². The van der Waals surface area contributed by atoms with E-state index in [2.05, 4.69) is 38.0 Å². The van der Waals surface area contributed by atoms with Gasteiger partial charge in [-0.25, -0.2) is 4.98 Å². The SMILES string of the molecule is CC(C)C(C)(C)CNC(=O)c1ccc(C#N)nc1. The Morgan fingerprint density at radius 3 is 2.61 bits per heavy atom. The highest BCUT2D eigenvalue weighted by Gasteiger charge is 2.23. The first-order valence-electron chi connectivity index (χ1n) is 6.01. The van der Waals surface area contributed by atoms with Gasteiger partial charge in [-0.15, -0.1) is 0 Å². The molecule has 0 saturated carbocycles. The van der Waals surface area contributed by atoms with Crippen molar-refractivity contribution in [2.24, 2.45) is 11.3 Å². The molecule has 4 heteroatoms. The first-order chi connectivity index (χ1) is 8.36. The number of nitrogens with one attached hydrogen (secondary N) is 1. The van der Waals surface area contributed by atoms with Crippen molar-refractivity contribution in [2.75, 3.05) is 6.54 Å². The van der Waals surface area contributed by atoms with Crippen LogP contribution >= 0.6 is 0 Å². The molecular formula is C14H19N3O. The number of nitrogens with zero attached hydrogens (tertiary/aromatic N) is 2. The van der Waals surface area contributed by atoms with Crippen LogP contribution in [-0.4, -0.2) is 17.4 Å². The molecule has 0 atom stereocenters. The summed E-state index contributed by atoms with van der Waals surface area (Å²) in [5.74, 6) is 0.331. The van der Waals surface area contributed by atoms with Gasteiger partial charge in [0.25, 0.3) is 5.91 Å². The van der Waals surface area contributed by atoms with E-state index in [0.29, 0.717) is 23.7 Å². The maximum Gasteiger partial charge on any atom is 0.252 e. The average molecular weight is 245 g/mol. The van der Waals surface area contributed by atoms with Crippen LogP contribution in [0.4, 0.5) is 0 Å². The Morgan fingerprint density at radius 1 is 1.50 bits per heavy atom. The molecule has 1 rings (SSSR count). The fourth-order valence-electron chi connectivity index (χ4n) is 1.21. The number of hydrogen-bond donors (Lipinski definition) is 1. The Kier molecular flexibility index (Phi) is 4.43. The van der Waals surface area contributed by atoms with Crippen molar-refractivity contribution >= 4 is 5.91 Å². The molecule has 18 heavy (non-hydrogen) atoms. The number of nitriles is 1. The molecule has 0 unspecified atom stereocenters. The van der Waals surface area contributed by atoms with Crippen molar-refractivity contribution in [3.8, 4) is 6.07 Å². The summed E-state index contributed by atoms with van der Waals surface area (Å²) < 4.78 is 0. The minimum atomic E-state index is -0.152. The summed E-state index contributed by atoms with van der Waals surface area (Å²) in [6.07, 6.45) is 1.43. The van der Waals surface area contributed by atoms with Gasteiger partial charge in [0.05, 0.1) is 5.56 Å². The Hall–Kier alpha value is -1.89. The van der Waals surface area contributed by atoms with Crippen LogP contribution < -0.4 is 5.32 Å². The summed E-state index contributed by atoms with van der Waals surface area (Å²) in [6, 6.07) is 5.08. The van der Waals surface area contributed by atoms with Crippen LogP contribution in [0.2, 0.25) is 0 Å². The lowest BCUT2D eigenvalue weighted by atomic mass is 9.81. The molecule has 0 aliphatic rings. The number of hydrogen-bond acceptors (Lipinski definition) is 3. The molecule has 0 aliphatic carbocycles. The number of pyridine rings is 1. The van der Waals surface area contributed by atoms with E-state index in [1.807, 2.05) is 6.07 Å². The summed E-state index contributed by atoms with van der Waals surface area (Å²) in [5.41, 5.74) is 0.845. The Bertz CT molecular complexity index is 455. The minimum absolute atomic E-state index is 0.0513. The maximum absolute atomic E-state index is 11.9. The Balaban J connectivity index is 2.63. The number of amides is 1. The molecule has 96 valence electrons. The molecule has 1 N–H and O–H groups in total. The van der Waals surface area contributed by atoms with Crippen LogP contribution in [0.5, 0.6) is 0 Å². The Labute approximate surface area is 108 Å². The molecule has 1 aromatic rings. The third-order valence-corrected chi connectivity index (χ3v) is 3.41. The standard InChI is InChI=1S/C14H19N3O/c1-10(2)14(3,4)9-17-13(18)11-5-6-12(7-15)16-8-11/h5-6,8,10H,9H2,1-4H3,(H,17,18). The van der Waals surface area contributed by atoms with Crippen molar-refractivity contribution in [3.63, 3.8) is 0 Å². The van der Waals surface area contributed by atoms with Crippen molar-refractivity contribution < 1.29 is 4.79 Å². The number of carbonyl (C=O) groups is 1. The molecule has 0 saturated heterocycles. The monoisotopic (exact) mass is 245 g/mol. The van der Waals surface area contributed by atoms with Crippen LogP contribution in [0.15, 0.2) is 18.3 Å². The zero-order chi connectivity index (χ0) is 13.8. The van der Waals surface area contributed by atoms with Crippen molar-refractivity contribution in [3.05, 3.63) is 29.6 Å². The summed E-state index contributed by atoms with van der Waals surface area (Å²) in [5, 5.41) is 11.5. The van der Waals surface area contributed by atoms with Gasteiger partial charge < -0.3 is 5.32 Å². The third kappa shape index (κ3) is 3.56. The van der Waals surface area contributed by atoms with Crippen LogP contribution in [0.1, 0.15) is 43.7 Å².